The molecule has 0 amide bonds. The minimum atomic E-state index is -4.94. The summed E-state index contributed by atoms with van der Waals surface area (Å²) in [6, 6.07) is 5.06. The first-order valence-electron chi connectivity index (χ1n) is 7.70. The number of alkyl halides is 3. The van der Waals surface area contributed by atoms with E-state index in [4.69, 9.17) is 5.73 Å². The molecule has 1 aromatic heterocycles. The summed E-state index contributed by atoms with van der Waals surface area (Å²) in [5.41, 5.74) is 6.63. The third-order valence-electron chi connectivity index (χ3n) is 3.97. The van der Waals surface area contributed by atoms with Gasteiger partial charge in [-0.1, -0.05) is 0 Å². The van der Waals surface area contributed by atoms with Gasteiger partial charge in [0.25, 0.3) is 0 Å². The molecular formula is C16H16F4N4O. The van der Waals surface area contributed by atoms with Gasteiger partial charge in [-0.05, 0) is 31.0 Å². The Kier molecular flexibility index (Phi) is 4.76. The Morgan fingerprint density at radius 3 is 2.48 bits per heavy atom. The van der Waals surface area contributed by atoms with Crippen LogP contribution in [0.15, 0.2) is 30.6 Å². The zero-order valence-corrected chi connectivity index (χ0v) is 13.1. The topological polar surface area (TPSA) is 64.3 Å². The van der Waals surface area contributed by atoms with Crippen molar-refractivity contribution in [1.29, 1.82) is 0 Å². The van der Waals surface area contributed by atoms with Gasteiger partial charge in [0, 0.05) is 30.8 Å². The predicted octanol–water partition coefficient (Wildman–Crippen LogP) is 3.11. The number of rotatable bonds is 3. The average Bonchev–Trinajstić information content (AvgIpc) is 2.56. The number of benzene rings is 1. The number of halogens is 4. The molecule has 0 spiro atoms. The maximum atomic E-state index is 13.9. The van der Waals surface area contributed by atoms with Crippen molar-refractivity contribution >= 4 is 5.82 Å². The number of ether oxygens (including phenoxy) is 1. The van der Waals surface area contributed by atoms with Crippen LogP contribution in [0.5, 0.6) is 5.75 Å². The molecular weight excluding hydrogens is 340 g/mol. The van der Waals surface area contributed by atoms with Gasteiger partial charge in [0.2, 0.25) is 0 Å². The van der Waals surface area contributed by atoms with E-state index in [1.807, 2.05) is 4.90 Å². The smallest absolute Gasteiger partial charge is 0.403 e. The minimum Gasteiger partial charge on any atom is -0.403 e. The summed E-state index contributed by atoms with van der Waals surface area (Å²) in [6.07, 6.45) is -1.91. The molecule has 3 rings (SSSR count). The van der Waals surface area contributed by atoms with E-state index in [2.05, 4.69) is 14.7 Å². The van der Waals surface area contributed by atoms with Gasteiger partial charge < -0.3 is 15.4 Å². The second kappa shape index (κ2) is 6.83. The molecule has 5 nitrogen and oxygen atoms in total. The normalized spacial score (nSPS) is 16.1. The van der Waals surface area contributed by atoms with Crippen molar-refractivity contribution in [2.24, 2.45) is 5.73 Å². The number of hydrogen-bond donors (Lipinski definition) is 1. The van der Waals surface area contributed by atoms with E-state index in [-0.39, 0.29) is 6.04 Å². The summed E-state index contributed by atoms with van der Waals surface area (Å²) in [4.78, 5) is 10.3. The average molecular weight is 356 g/mol. The van der Waals surface area contributed by atoms with Crippen LogP contribution < -0.4 is 15.4 Å². The third kappa shape index (κ3) is 4.36. The van der Waals surface area contributed by atoms with Crippen molar-refractivity contribution in [3.63, 3.8) is 0 Å². The Bertz CT molecular complexity index is 745. The van der Waals surface area contributed by atoms with Gasteiger partial charge >= 0.3 is 6.36 Å². The molecule has 0 unspecified atom stereocenters. The molecule has 1 fully saturated rings. The molecule has 1 aliphatic rings. The Morgan fingerprint density at radius 1 is 1.12 bits per heavy atom. The van der Waals surface area contributed by atoms with E-state index in [1.165, 1.54) is 12.4 Å². The summed E-state index contributed by atoms with van der Waals surface area (Å²) in [5, 5.41) is 0. The van der Waals surface area contributed by atoms with E-state index in [0.717, 1.165) is 38.1 Å². The second-order valence-corrected chi connectivity index (χ2v) is 5.78. The zero-order valence-electron chi connectivity index (χ0n) is 13.1. The van der Waals surface area contributed by atoms with Crippen molar-refractivity contribution in [3.8, 4) is 17.0 Å². The minimum absolute atomic E-state index is 0.174. The van der Waals surface area contributed by atoms with Crippen LogP contribution in [0.3, 0.4) is 0 Å². The Morgan fingerprint density at radius 2 is 1.84 bits per heavy atom. The molecule has 25 heavy (non-hydrogen) atoms. The number of nitrogens with zero attached hydrogens (tertiary/aromatic N) is 3. The lowest BCUT2D eigenvalue weighted by Gasteiger charge is -2.31. The van der Waals surface area contributed by atoms with Gasteiger partial charge in [0.05, 0.1) is 5.69 Å². The highest BCUT2D eigenvalue weighted by Gasteiger charge is 2.32. The van der Waals surface area contributed by atoms with Crippen molar-refractivity contribution in [1.82, 2.24) is 9.97 Å². The molecule has 0 bridgehead atoms. The number of anilines is 1. The summed E-state index contributed by atoms with van der Waals surface area (Å²) in [7, 11) is 0. The van der Waals surface area contributed by atoms with Crippen LogP contribution in [0.4, 0.5) is 23.4 Å². The molecule has 2 heterocycles. The lowest BCUT2D eigenvalue weighted by atomic mass is 10.1. The molecule has 0 radical (unpaired) electrons. The standard InChI is InChI=1S/C16H16F4N4O/c17-12-7-10(1-2-14(12)25-16(18,19)20)13-8-15(23-9-22-13)24-5-3-11(21)4-6-24/h1-2,7-9,11H,3-6,21H2. The molecule has 1 aromatic carbocycles. The van der Waals surface area contributed by atoms with Gasteiger partial charge in [-0.3, -0.25) is 0 Å². The van der Waals surface area contributed by atoms with Crippen LogP contribution in [0.1, 0.15) is 12.8 Å². The van der Waals surface area contributed by atoms with Gasteiger partial charge in [0.15, 0.2) is 11.6 Å². The van der Waals surface area contributed by atoms with Crippen LogP contribution >= 0.6 is 0 Å². The summed E-state index contributed by atoms with van der Waals surface area (Å²) in [6.45, 7) is 1.51. The Labute approximate surface area is 141 Å². The molecule has 1 saturated heterocycles. The maximum Gasteiger partial charge on any atom is 0.573 e. The molecule has 134 valence electrons. The van der Waals surface area contributed by atoms with Crippen LogP contribution in [-0.2, 0) is 0 Å². The van der Waals surface area contributed by atoms with Gasteiger partial charge in [-0.25, -0.2) is 14.4 Å². The van der Waals surface area contributed by atoms with E-state index in [1.54, 1.807) is 6.07 Å². The van der Waals surface area contributed by atoms with E-state index in [9.17, 15) is 17.6 Å². The van der Waals surface area contributed by atoms with Crippen molar-refractivity contribution in [3.05, 3.63) is 36.4 Å². The maximum absolute atomic E-state index is 13.9. The van der Waals surface area contributed by atoms with Gasteiger partial charge in [-0.15, -0.1) is 13.2 Å². The van der Waals surface area contributed by atoms with Crippen molar-refractivity contribution in [2.75, 3.05) is 18.0 Å². The molecule has 1 aliphatic heterocycles. The number of nitrogens with two attached hydrogens (primary N) is 1. The summed E-state index contributed by atoms with van der Waals surface area (Å²) in [5.74, 6) is -1.32. The zero-order chi connectivity index (χ0) is 18.0. The largest absolute Gasteiger partial charge is 0.573 e. The summed E-state index contributed by atoms with van der Waals surface area (Å²) >= 11 is 0. The third-order valence-corrected chi connectivity index (χ3v) is 3.97. The lowest BCUT2D eigenvalue weighted by Crippen LogP contribution is -2.40. The van der Waals surface area contributed by atoms with Crippen molar-refractivity contribution in [2.45, 2.75) is 25.2 Å². The number of piperidine rings is 1. The van der Waals surface area contributed by atoms with Gasteiger partial charge in [0.1, 0.15) is 12.1 Å². The fourth-order valence-electron chi connectivity index (χ4n) is 2.67. The van der Waals surface area contributed by atoms with Crippen LogP contribution in [0.2, 0.25) is 0 Å². The first-order chi connectivity index (χ1) is 11.8. The highest BCUT2D eigenvalue weighted by atomic mass is 19.4. The van der Waals surface area contributed by atoms with Crippen LogP contribution in [0, 0.1) is 5.82 Å². The highest BCUT2D eigenvalue weighted by molar-refractivity contribution is 5.63. The molecule has 0 atom stereocenters. The molecule has 9 heteroatoms. The number of hydrogen-bond acceptors (Lipinski definition) is 5. The Balaban J connectivity index is 1.82. The first-order valence-corrected chi connectivity index (χ1v) is 7.70. The molecule has 2 N–H and O–H groups in total. The van der Waals surface area contributed by atoms with E-state index < -0.39 is 17.9 Å². The van der Waals surface area contributed by atoms with E-state index >= 15 is 0 Å². The first kappa shape index (κ1) is 17.4. The molecule has 0 saturated carbocycles. The SMILES string of the molecule is NC1CCN(c2cc(-c3ccc(OC(F)(F)F)c(F)c3)ncn2)CC1. The van der Waals surface area contributed by atoms with Crippen LogP contribution in [0.25, 0.3) is 11.3 Å². The monoisotopic (exact) mass is 356 g/mol. The number of aromatic nitrogens is 2. The Hall–Kier alpha value is -2.42. The molecule has 0 aliphatic carbocycles. The van der Waals surface area contributed by atoms with Crippen LogP contribution in [-0.4, -0.2) is 35.5 Å². The molecule has 2 aromatic rings. The fourth-order valence-corrected chi connectivity index (χ4v) is 2.67. The fraction of sp³-hybridized carbons (Fsp3) is 0.375. The summed E-state index contributed by atoms with van der Waals surface area (Å²) < 4.78 is 54.1. The van der Waals surface area contributed by atoms with Gasteiger partial charge in [-0.2, -0.15) is 0 Å². The lowest BCUT2D eigenvalue weighted by molar-refractivity contribution is -0.275. The highest BCUT2D eigenvalue weighted by Crippen LogP contribution is 2.30. The van der Waals surface area contributed by atoms with E-state index in [0.29, 0.717) is 17.1 Å². The second-order valence-electron chi connectivity index (χ2n) is 5.78. The van der Waals surface area contributed by atoms with Crippen molar-refractivity contribution < 1.29 is 22.3 Å². The quantitative estimate of drug-likeness (QED) is 0.856. The predicted molar refractivity (Wildman–Crippen MR) is 83.5 cm³/mol.